The largest absolute Gasteiger partial charge is 0.493 e. The fraction of sp³-hybridized carbons (Fsp3) is 0.533. The van der Waals surface area contributed by atoms with E-state index in [-0.39, 0.29) is 5.78 Å². The monoisotopic (exact) mass is 262 g/mol. The number of rotatable bonds is 6. The van der Waals surface area contributed by atoms with E-state index < -0.39 is 0 Å². The van der Waals surface area contributed by atoms with E-state index in [0.717, 1.165) is 19.5 Å². The Balaban J connectivity index is 2.00. The molecule has 1 fully saturated rings. The summed E-state index contributed by atoms with van der Waals surface area (Å²) >= 11 is 0. The molecule has 1 aliphatic rings. The van der Waals surface area contributed by atoms with Gasteiger partial charge >= 0.3 is 0 Å². The summed E-state index contributed by atoms with van der Waals surface area (Å²) in [7, 11) is 0. The first-order chi connectivity index (χ1) is 9.24. The lowest BCUT2D eigenvalue weighted by molar-refractivity contribution is 0.0939. The van der Waals surface area contributed by atoms with Gasteiger partial charge in [-0.2, -0.15) is 0 Å². The SMILES string of the molecule is CCOc1ccccc1C(=O)CN1CCC(CN)C1. The van der Waals surface area contributed by atoms with E-state index in [0.29, 0.717) is 36.9 Å². The number of para-hydroxylation sites is 1. The number of likely N-dealkylation sites (tertiary alicyclic amines) is 1. The highest BCUT2D eigenvalue weighted by Gasteiger charge is 2.24. The first kappa shape index (κ1) is 14.0. The molecule has 1 saturated heterocycles. The fourth-order valence-corrected chi connectivity index (χ4v) is 2.52. The minimum atomic E-state index is 0.127. The van der Waals surface area contributed by atoms with Crippen molar-refractivity contribution in [2.75, 3.05) is 32.8 Å². The van der Waals surface area contributed by atoms with Crippen LogP contribution < -0.4 is 10.5 Å². The van der Waals surface area contributed by atoms with Crippen LogP contribution in [0.5, 0.6) is 5.75 Å². The Morgan fingerprint density at radius 2 is 2.26 bits per heavy atom. The third kappa shape index (κ3) is 3.55. The summed E-state index contributed by atoms with van der Waals surface area (Å²) in [5.74, 6) is 1.35. The molecule has 0 spiro atoms. The molecule has 1 heterocycles. The zero-order chi connectivity index (χ0) is 13.7. The summed E-state index contributed by atoms with van der Waals surface area (Å²) in [5, 5.41) is 0. The highest BCUT2D eigenvalue weighted by Crippen LogP contribution is 2.20. The summed E-state index contributed by atoms with van der Waals surface area (Å²) < 4.78 is 5.51. The number of Topliss-reactive ketones (excluding diaryl/α,β-unsaturated/α-hetero) is 1. The smallest absolute Gasteiger partial charge is 0.180 e. The first-order valence-corrected chi connectivity index (χ1v) is 6.92. The molecule has 1 aromatic rings. The van der Waals surface area contributed by atoms with Gasteiger partial charge in [-0.25, -0.2) is 0 Å². The van der Waals surface area contributed by atoms with Crippen LogP contribution in [0.1, 0.15) is 23.7 Å². The van der Waals surface area contributed by atoms with Gasteiger partial charge in [0, 0.05) is 6.54 Å². The van der Waals surface area contributed by atoms with E-state index >= 15 is 0 Å². The average molecular weight is 262 g/mol. The zero-order valence-electron chi connectivity index (χ0n) is 11.5. The Bertz CT molecular complexity index is 434. The van der Waals surface area contributed by atoms with Crippen molar-refractivity contribution in [3.8, 4) is 5.75 Å². The van der Waals surface area contributed by atoms with E-state index in [9.17, 15) is 4.79 Å². The van der Waals surface area contributed by atoms with Crippen LogP contribution in [0.15, 0.2) is 24.3 Å². The van der Waals surface area contributed by atoms with Crippen LogP contribution in [-0.2, 0) is 0 Å². The fourth-order valence-electron chi connectivity index (χ4n) is 2.52. The number of carbonyl (C=O) groups excluding carboxylic acids is 1. The molecule has 19 heavy (non-hydrogen) atoms. The molecular weight excluding hydrogens is 240 g/mol. The second kappa shape index (κ2) is 6.68. The lowest BCUT2D eigenvalue weighted by Crippen LogP contribution is -2.29. The second-order valence-electron chi connectivity index (χ2n) is 4.98. The number of carbonyl (C=O) groups is 1. The summed E-state index contributed by atoms with van der Waals surface area (Å²) in [5.41, 5.74) is 6.35. The van der Waals surface area contributed by atoms with E-state index in [1.807, 2.05) is 31.2 Å². The number of ketones is 1. The van der Waals surface area contributed by atoms with Gasteiger partial charge < -0.3 is 10.5 Å². The molecule has 1 aromatic carbocycles. The van der Waals surface area contributed by atoms with Gasteiger partial charge in [-0.3, -0.25) is 9.69 Å². The molecule has 0 aliphatic carbocycles. The molecular formula is C15H22N2O2. The molecule has 0 amide bonds. The van der Waals surface area contributed by atoms with Gasteiger partial charge in [0.1, 0.15) is 5.75 Å². The molecule has 4 nitrogen and oxygen atoms in total. The van der Waals surface area contributed by atoms with Gasteiger partial charge in [0.25, 0.3) is 0 Å². The first-order valence-electron chi connectivity index (χ1n) is 6.92. The Hall–Kier alpha value is -1.39. The van der Waals surface area contributed by atoms with E-state index in [1.165, 1.54) is 0 Å². The Morgan fingerprint density at radius 1 is 1.47 bits per heavy atom. The third-order valence-corrected chi connectivity index (χ3v) is 3.56. The number of hydrogen-bond donors (Lipinski definition) is 1. The molecule has 2 N–H and O–H groups in total. The molecule has 1 atom stereocenters. The Kier molecular flexibility index (Phi) is 4.93. The number of nitrogens with two attached hydrogens (primary N) is 1. The molecule has 0 aromatic heterocycles. The second-order valence-corrected chi connectivity index (χ2v) is 4.98. The molecule has 0 saturated carbocycles. The predicted molar refractivity (Wildman–Crippen MR) is 75.5 cm³/mol. The average Bonchev–Trinajstić information content (AvgIpc) is 2.87. The van der Waals surface area contributed by atoms with Crippen LogP contribution in [0.2, 0.25) is 0 Å². The normalized spacial score (nSPS) is 19.6. The van der Waals surface area contributed by atoms with Crippen molar-refractivity contribution in [1.82, 2.24) is 4.90 Å². The van der Waals surface area contributed by atoms with Crippen LogP contribution in [0.25, 0.3) is 0 Å². The number of nitrogens with zero attached hydrogens (tertiary/aromatic N) is 1. The van der Waals surface area contributed by atoms with Crippen molar-refractivity contribution < 1.29 is 9.53 Å². The molecule has 104 valence electrons. The molecule has 0 radical (unpaired) electrons. The van der Waals surface area contributed by atoms with Gasteiger partial charge in [-0.05, 0) is 44.5 Å². The van der Waals surface area contributed by atoms with Gasteiger partial charge in [0.15, 0.2) is 5.78 Å². The van der Waals surface area contributed by atoms with Crippen molar-refractivity contribution in [3.05, 3.63) is 29.8 Å². The van der Waals surface area contributed by atoms with Crippen molar-refractivity contribution >= 4 is 5.78 Å². The summed E-state index contributed by atoms with van der Waals surface area (Å²) in [6.45, 7) is 5.56. The molecule has 2 rings (SSSR count). The van der Waals surface area contributed by atoms with Crippen LogP contribution in [0, 0.1) is 5.92 Å². The third-order valence-electron chi connectivity index (χ3n) is 3.56. The Labute approximate surface area is 114 Å². The minimum absolute atomic E-state index is 0.127. The molecule has 4 heteroatoms. The summed E-state index contributed by atoms with van der Waals surface area (Å²) in [6.07, 6.45) is 1.09. The maximum Gasteiger partial charge on any atom is 0.180 e. The standard InChI is InChI=1S/C15H22N2O2/c1-2-19-15-6-4-3-5-13(15)14(18)11-17-8-7-12(9-16)10-17/h3-6,12H,2,7-11,16H2,1H3. The van der Waals surface area contributed by atoms with Crippen LogP contribution in [0.3, 0.4) is 0 Å². The van der Waals surface area contributed by atoms with E-state index in [4.69, 9.17) is 10.5 Å². The van der Waals surface area contributed by atoms with E-state index in [1.54, 1.807) is 0 Å². The predicted octanol–water partition coefficient (Wildman–Crippen LogP) is 1.55. The Morgan fingerprint density at radius 3 is 2.95 bits per heavy atom. The molecule has 0 bridgehead atoms. The maximum atomic E-state index is 12.3. The van der Waals surface area contributed by atoms with Crippen LogP contribution >= 0.6 is 0 Å². The van der Waals surface area contributed by atoms with E-state index in [2.05, 4.69) is 4.90 Å². The van der Waals surface area contributed by atoms with Crippen molar-refractivity contribution in [2.24, 2.45) is 11.7 Å². The van der Waals surface area contributed by atoms with Gasteiger partial charge in [0.05, 0.1) is 18.7 Å². The van der Waals surface area contributed by atoms with Gasteiger partial charge in [-0.1, -0.05) is 12.1 Å². The topological polar surface area (TPSA) is 55.6 Å². The molecule has 1 unspecified atom stereocenters. The maximum absolute atomic E-state index is 12.3. The number of benzene rings is 1. The highest BCUT2D eigenvalue weighted by molar-refractivity contribution is 6.00. The van der Waals surface area contributed by atoms with Crippen LogP contribution in [-0.4, -0.2) is 43.5 Å². The van der Waals surface area contributed by atoms with Gasteiger partial charge in [0.2, 0.25) is 0 Å². The van der Waals surface area contributed by atoms with Crippen molar-refractivity contribution in [1.29, 1.82) is 0 Å². The summed E-state index contributed by atoms with van der Waals surface area (Å²) in [6, 6.07) is 7.46. The lowest BCUT2D eigenvalue weighted by atomic mass is 10.1. The lowest BCUT2D eigenvalue weighted by Gasteiger charge is -2.16. The van der Waals surface area contributed by atoms with Crippen molar-refractivity contribution in [3.63, 3.8) is 0 Å². The minimum Gasteiger partial charge on any atom is -0.493 e. The number of ether oxygens (including phenoxy) is 1. The quantitative estimate of drug-likeness (QED) is 0.790. The zero-order valence-corrected chi connectivity index (χ0v) is 11.5. The number of hydrogen-bond acceptors (Lipinski definition) is 4. The summed E-state index contributed by atoms with van der Waals surface area (Å²) in [4.78, 5) is 14.5. The molecule has 1 aliphatic heterocycles. The highest BCUT2D eigenvalue weighted by atomic mass is 16.5. The van der Waals surface area contributed by atoms with Crippen molar-refractivity contribution in [2.45, 2.75) is 13.3 Å². The van der Waals surface area contributed by atoms with Crippen LogP contribution in [0.4, 0.5) is 0 Å². The van der Waals surface area contributed by atoms with Gasteiger partial charge in [-0.15, -0.1) is 0 Å².